The van der Waals surface area contributed by atoms with E-state index in [1.165, 1.54) is 17.4 Å². The van der Waals surface area contributed by atoms with Crippen LogP contribution in [0.15, 0.2) is 22.4 Å². The van der Waals surface area contributed by atoms with E-state index in [1.54, 1.807) is 10.4 Å². The maximum Gasteiger partial charge on any atom is 0.266 e. The summed E-state index contributed by atoms with van der Waals surface area (Å²) in [5.41, 5.74) is 5.51. The van der Waals surface area contributed by atoms with Crippen molar-refractivity contribution in [2.75, 3.05) is 38.5 Å². The first kappa shape index (κ1) is 20.0. The van der Waals surface area contributed by atoms with Gasteiger partial charge in [0.2, 0.25) is 0 Å². The van der Waals surface area contributed by atoms with Crippen molar-refractivity contribution in [3.63, 3.8) is 0 Å². The molecule has 1 saturated heterocycles. The molecule has 1 fully saturated rings. The zero-order valence-electron chi connectivity index (χ0n) is 15.0. The number of likely N-dealkylation sites (N-methyl/N-ethyl adjacent to an activating group) is 1. The molecule has 1 unspecified atom stereocenters. The summed E-state index contributed by atoms with van der Waals surface area (Å²) in [7, 11) is -1.28. The molecule has 4 N–H and O–H groups in total. The van der Waals surface area contributed by atoms with Crippen LogP contribution in [0.1, 0.15) is 24.9 Å². The number of nitrogens with zero attached hydrogens (tertiary/aromatic N) is 2. The van der Waals surface area contributed by atoms with Crippen molar-refractivity contribution in [2.24, 2.45) is 5.73 Å². The van der Waals surface area contributed by atoms with Crippen LogP contribution in [0.3, 0.4) is 0 Å². The lowest BCUT2D eigenvalue weighted by Crippen LogP contribution is -2.46. The molecule has 0 radical (unpaired) electrons. The van der Waals surface area contributed by atoms with E-state index in [-0.39, 0.29) is 20.7 Å². The van der Waals surface area contributed by atoms with Crippen LogP contribution in [-0.2, 0) is 9.92 Å². The van der Waals surface area contributed by atoms with Crippen molar-refractivity contribution in [3.05, 3.63) is 33.5 Å². The molecule has 3 rings (SSSR count). The number of piperazine rings is 1. The summed E-state index contributed by atoms with van der Waals surface area (Å²) in [6.07, 6.45) is 0. The van der Waals surface area contributed by atoms with E-state index < -0.39 is 15.8 Å². The van der Waals surface area contributed by atoms with Gasteiger partial charge in [-0.25, -0.2) is 13.3 Å². The van der Waals surface area contributed by atoms with E-state index in [9.17, 15) is 13.8 Å². The van der Waals surface area contributed by atoms with Gasteiger partial charge in [0.05, 0.1) is 10.4 Å². The van der Waals surface area contributed by atoms with Crippen molar-refractivity contribution in [1.29, 1.82) is 4.78 Å². The molecule has 0 aromatic carbocycles. The average molecular weight is 428 g/mol. The number of amides is 2. The SMILES string of the molecule is Cc1ccc(C(=O)Nc2sc(S(=N)(=O)N3CCN(C)CC3)cc2C(N)=O)s1. The van der Waals surface area contributed by atoms with E-state index >= 15 is 0 Å². The minimum atomic E-state index is -3.25. The predicted octanol–water partition coefficient (Wildman–Crippen LogP) is 2.04. The molecule has 11 heteroatoms. The second-order valence-corrected chi connectivity index (χ2v) is 10.9. The zero-order chi connectivity index (χ0) is 19.8. The van der Waals surface area contributed by atoms with Crippen LogP contribution in [-0.4, -0.2) is 58.5 Å². The normalized spacial score (nSPS) is 18.1. The Labute approximate surface area is 166 Å². The standard InChI is InChI=1S/C16H21N5O3S3/c1-10-3-4-12(25-10)15(23)19-16-11(14(17)22)9-13(26-16)27(18,24)21-7-5-20(2)6-8-21/h3-4,9,18H,5-8H2,1-2H3,(H2,17,22)(H,19,23). The number of rotatable bonds is 5. The Kier molecular flexibility index (Phi) is 5.68. The second-order valence-electron chi connectivity index (χ2n) is 6.30. The van der Waals surface area contributed by atoms with Crippen LogP contribution in [0, 0.1) is 11.7 Å². The lowest BCUT2D eigenvalue weighted by Gasteiger charge is -2.32. The Morgan fingerprint density at radius 2 is 1.89 bits per heavy atom. The number of anilines is 1. The number of thiophene rings is 2. The second kappa shape index (κ2) is 7.68. The Hall–Kier alpha value is -1.79. The fraction of sp³-hybridized carbons (Fsp3) is 0.375. The summed E-state index contributed by atoms with van der Waals surface area (Å²) < 4.78 is 23.4. The summed E-state index contributed by atoms with van der Waals surface area (Å²) in [6, 6.07) is 4.90. The summed E-state index contributed by atoms with van der Waals surface area (Å²) in [4.78, 5) is 27.8. The molecule has 2 amide bonds. The molecular weight excluding hydrogens is 406 g/mol. The van der Waals surface area contributed by atoms with Gasteiger partial charge in [0.15, 0.2) is 0 Å². The van der Waals surface area contributed by atoms with Crippen molar-refractivity contribution in [2.45, 2.75) is 11.1 Å². The van der Waals surface area contributed by atoms with Gasteiger partial charge in [-0.1, -0.05) is 0 Å². The van der Waals surface area contributed by atoms with Gasteiger partial charge < -0.3 is 16.0 Å². The molecule has 3 heterocycles. The number of primary amides is 1. The highest BCUT2D eigenvalue weighted by atomic mass is 32.2. The number of nitrogens with one attached hydrogen (secondary N) is 2. The molecule has 1 aliphatic rings. The van der Waals surface area contributed by atoms with E-state index in [1.807, 2.05) is 20.0 Å². The molecule has 0 bridgehead atoms. The zero-order valence-corrected chi connectivity index (χ0v) is 17.4. The highest BCUT2D eigenvalue weighted by Gasteiger charge is 2.28. The van der Waals surface area contributed by atoms with Gasteiger partial charge in [0, 0.05) is 31.1 Å². The highest BCUT2D eigenvalue weighted by Crippen LogP contribution is 2.34. The van der Waals surface area contributed by atoms with Crippen LogP contribution in [0.25, 0.3) is 0 Å². The van der Waals surface area contributed by atoms with Gasteiger partial charge in [0.1, 0.15) is 19.1 Å². The number of nitrogens with two attached hydrogens (primary N) is 1. The molecular formula is C16H21N5O3S3. The Balaban J connectivity index is 1.89. The first-order chi connectivity index (χ1) is 12.7. The van der Waals surface area contributed by atoms with Gasteiger partial charge in [-0.05, 0) is 32.2 Å². The molecule has 0 saturated carbocycles. The molecule has 2 aromatic heterocycles. The first-order valence-electron chi connectivity index (χ1n) is 8.22. The third-order valence-corrected chi connectivity index (χ3v) is 8.79. The minimum Gasteiger partial charge on any atom is -0.366 e. The maximum atomic E-state index is 13.1. The fourth-order valence-corrected chi connectivity index (χ4v) is 6.46. The molecule has 1 atom stereocenters. The molecule has 8 nitrogen and oxygen atoms in total. The van der Waals surface area contributed by atoms with Crippen LogP contribution < -0.4 is 11.1 Å². The number of aryl methyl sites for hydroxylation is 1. The third kappa shape index (κ3) is 4.22. The Morgan fingerprint density at radius 1 is 1.22 bits per heavy atom. The van der Waals surface area contributed by atoms with Gasteiger partial charge in [-0.3, -0.25) is 9.59 Å². The number of hydrogen-bond acceptors (Lipinski definition) is 7. The number of hydrogen-bond donors (Lipinski definition) is 3. The van der Waals surface area contributed by atoms with E-state index in [4.69, 9.17) is 10.5 Å². The van der Waals surface area contributed by atoms with Crippen molar-refractivity contribution < 1.29 is 13.8 Å². The predicted molar refractivity (Wildman–Crippen MR) is 108 cm³/mol. The van der Waals surface area contributed by atoms with E-state index in [2.05, 4.69) is 10.2 Å². The highest BCUT2D eigenvalue weighted by molar-refractivity contribution is 7.92. The fourth-order valence-electron chi connectivity index (χ4n) is 2.67. The van der Waals surface area contributed by atoms with Gasteiger partial charge in [-0.15, -0.1) is 22.7 Å². The van der Waals surface area contributed by atoms with E-state index in [0.717, 1.165) is 16.2 Å². The van der Waals surface area contributed by atoms with Gasteiger partial charge >= 0.3 is 0 Å². The van der Waals surface area contributed by atoms with Crippen LogP contribution >= 0.6 is 22.7 Å². The average Bonchev–Trinajstić information content (AvgIpc) is 3.22. The third-order valence-electron chi connectivity index (χ3n) is 4.26. The smallest absolute Gasteiger partial charge is 0.266 e. The quantitative estimate of drug-likeness (QED) is 0.676. The van der Waals surface area contributed by atoms with Gasteiger partial charge in [-0.2, -0.15) is 0 Å². The summed E-state index contributed by atoms with van der Waals surface area (Å²) in [5, 5.41) is 2.90. The number of carbonyl (C=O) groups is 2. The van der Waals surface area contributed by atoms with Crippen LogP contribution in [0.2, 0.25) is 0 Å². The topological polar surface area (TPSA) is 120 Å². The molecule has 1 aliphatic heterocycles. The Bertz CT molecular complexity index is 971. The lowest BCUT2D eigenvalue weighted by atomic mass is 10.3. The molecule has 0 aliphatic carbocycles. The summed E-state index contributed by atoms with van der Waals surface area (Å²) in [5.74, 6) is -1.09. The Morgan fingerprint density at radius 3 is 2.44 bits per heavy atom. The van der Waals surface area contributed by atoms with Crippen molar-refractivity contribution >= 4 is 49.4 Å². The summed E-state index contributed by atoms with van der Waals surface area (Å²) >= 11 is 2.31. The van der Waals surface area contributed by atoms with Crippen LogP contribution in [0.4, 0.5) is 5.00 Å². The molecule has 2 aromatic rings. The molecule has 27 heavy (non-hydrogen) atoms. The first-order valence-corrected chi connectivity index (χ1v) is 11.4. The lowest BCUT2D eigenvalue weighted by molar-refractivity contribution is 0.100. The largest absolute Gasteiger partial charge is 0.366 e. The maximum absolute atomic E-state index is 13.1. The molecule has 146 valence electrons. The minimum absolute atomic E-state index is 0.0748. The van der Waals surface area contributed by atoms with Crippen molar-refractivity contribution in [1.82, 2.24) is 9.21 Å². The molecule has 0 spiro atoms. The van der Waals surface area contributed by atoms with Crippen molar-refractivity contribution in [3.8, 4) is 0 Å². The van der Waals surface area contributed by atoms with E-state index in [0.29, 0.717) is 31.1 Å². The number of carbonyl (C=O) groups excluding carboxylic acids is 2. The van der Waals surface area contributed by atoms with Crippen LogP contribution in [0.5, 0.6) is 0 Å². The summed E-state index contributed by atoms with van der Waals surface area (Å²) in [6.45, 7) is 4.32. The monoisotopic (exact) mass is 427 g/mol. The van der Waals surface area contributed by atoms with Gasteiger partial charge in [0.25, 0.3) is 11.8 Å².